The monoisotopic (exact) mass is 241 g/mol. The van der Waals surface area contributed by atoms with Gasteiger partial charge in [-0.2, -0.15) is 0 Å². The molecule has 0 aromatic heterocycles. The molecule has 1 rings (SSSR count). The van der Waals surface area contributed by atoms with Crippen LogP contribution in [0.1, 0.15) is 39.3 Å². The van der Waals surface area contributed by atoms with Gasteiger partial charge >= 0.3 is 0 Å². The Morgan fingerprint density at radius 1 is 1.00 bits per heavy atom. The van der Waals surface area contributed by atoms with Gasteiger partial charge in [0.15, 0.2) is 0 Å². The summed E-state index contributed by atoms with van der Waals surface area (Å²) >= 11 is 0. The maximum Gasteiger partial charge on any atom is 0.126 e. The highest BCUT2D eigenvalue weighted by molar-refractivity contribution is 5.20. The summed E-state index contributed by atoms with van der Waals surface area (Å²) in [5.41, 5.74) is 0.651. The third kappa shape index (κ3) is 4.43. The van der Waals surface area contributed by atoms with Crippen LogP contribution in [0.5, 0.6) is 0 Å². The van der Waals surface area contributed by atoms with Gasteiger partial charge < -0.3 is 5.32 Å². The maximum absolute atomic E-state index is 13.0. The number of hydrogen-bond acceptors (Lipinski definition) is 1. The lowest BCUT2D eigenvalue weighted by molar-refractivity contribution is 0.375. The van der Waals surface area contributed by atoms with Crippen molar-refractivity contribution in [2.24, 2.45) is 11.8 Å². The molecule has 2 atom stereocenters. The van der Waals surface area contributed by atoms with Gasteiger partial charge in [-0.05, 0) is 43.0 Å². The van der Waals surface area contributed by atoms with E-state index in [1.54, 1.807) is 0 Å². The van der Waals surface area contributed by atoms with Gasteiger partial charge in [0.2, 0.25) is 0 Å². The topological polar surface area (TPSA) is 12.0 Å². The van der Waals surface area contributed by atoms with Crippen molar-refractivity contribution in [3.63, 3.8) is 0 Å². The van der Waals surface area contributed by atoms with E-state index in [-0.39, 0.29) is 6.04 Å². The molecule has 0 saturated carbocycles. The van der Waals surface area contributed by atoms with Crippen LogP contribution in [0.3, 0.4) is 0 Å². The highest BCUT2D eigenvalue weighted by Gasteiger charge is 2.11. The number of nitrogens with one attached hydrogen (secondary N) is 1. The highest BCUT2D eigenvalue weighted by atomic mass is 19.1. The highest BCUT2D eigenvalue weighted by Crippen LogP contribution is 2.17. The van der Waals surface area contributed by atoms with Crippen LogP contribution < -0.4 is 5.32 Å². The van der Waals surface area contributed by atoms with Gasteiger partial charge in [-0.1, -0.05) is 20.8 Å². The Morgan fingerprint density at radius 3 is 2.00 bits per heavy atom. The van der Waals surface area contributed by atoms with Crippen molar-refractivity contribution in [1.29, 1.82) is 0 Å². The molecule has 0 heterocycles. The molecular formula is C14H21F2N. The van der Waals surface area contributed by atoms with Crippen LogP contribution in [-0.2, 0) is 0 Å². The van der Waals surface area contributed by atoms with Crippen LogP contribution in [0.25, 0.3) is 0 Å². The molecule has 0 fully saturated rings. The lowest BCUT2D eigenvalue weighted by Gasteiger charge is -2.20. The first-order valence-electron chi connectivity index (χ1n) is 6.09. The molecule has 2 unspecified atom stereocenters. The quantitative estimate of drug-likeness (QED) is 0.824. The zero-order chi connectivity index (χ0) is 13.0. The Morgan fingerprint density at radius 2 is 1.53 bits per heavy atom. The fraction of sp³-hybridized carbons (Fsp3) is 0.571. The van der Waals surface area contributed by atoms with E-state index >= 15 is 0 Å². The molecule has 1 aromatic carbocycles. The lowest BCUT2D eigenvalue weighted by atomic mass is 9.97. The van der Waals surface area contributed by atoms with Crippen LogP contribution >= 0.6 is 0 Å². The Balaban J connectivity index is 2.60. The van der Waals surface area contributed by atoms with Crippen molar-refractivity contribution >= 4 is 0 Å². The Hall–Kier alpha value is -0.960. The van der Waals surface area contributed by atoms with Crippen LogP contribution in [0, 0.1) is 23.5 Å². The molecule has 3 heteroatoms. The first-order chi connectivity index (χ1) is 7.90. The molecule has 0 spiro atoms. The van der Waals surface area contributed by atoms with E-state index < -0.39 is 11.6 Å². The Kier molecular flexibility index (Phi) is 5.06. The summed E-state index contributed by atoms with van der Waals surface area (Å²) in [6.07, 6.45) is 0. The molecule has 0 saturated heterocycles. The summed E-state index contributed by atoms with van der Waals surface area (Å²) in [5.74, 6) is 0.0888. The fourth-order valence-electron chi connectivity index (χ4n) is 1.54. The average Bonchev–Trinajstić information content (AvgIpc) is 2.23. The minimum Gasteiger partial charge on any atom is -0.310 e. The second-order valence-electron chi connectivity index (χ2n) is 5.05. The summed E-state index contributed by atoms with van der Waals surface area (Å²) in [6.45, 7) is 9.26. The second-order valence-corrected chi connectivity index (χ2v) is 5.05. The third-order valence-electron chi connectivity index (χ3n) is 3.27. The zero-order valence-corrected chi connectivity index (χ0v) is 10.9. The van der Waals surface area contributed by atoms with Crippen molar-refractivity contribution in [3.05, 3.63) is 35.4 Å². The van der Waals surface area contributed by atoms with E-state index in [1.165, 1.54) is 12.1 Å². The van der Waals surface area contributed by atoms with Gasteiger partial charge in [0.25, 0.3) is 0 Å². The molecule has 0 aliphatic carbocycles. The van der Waals surface area contributed by atoms with Crippen LogP contribution in [0.4, 0.5) is 8.78 Å². The minimum atomic E-state index is -0.523. The fourth-order valence-corrected chi connectivity index (χ4v) is 1.54. The van der Waals surface area contributed by atoms with E-state index in [1.807, 2.05) is 6.92 Å². The van der Waals surface area contributed by atoms with Gasteiger partial charge in [0, 0.05) is 12.1 Å². The number of benzene rings is 1. The van der Waals surface area contributed by atoms with E-state index in [4.69, 9.17) is 0 Å². The van der Waals surface area contributed by atoms with Crippen molar-refractivity contribution < 1.29 is 8.78 Å². The van der Waals surface area contributed by atoms with Gasteiger partial charge in [-0.15, -0.1) is 0 Å². The molecule has 0 radical (unpaired) electrons. The summed E-state index contributed by atoms with van der Waals surface area (Å²) in [4.78, 5) is 0. The smallest absolute Gasteiger partial charge is 0.126 e. The summed E-state index contributed by atoms with van der Waals surface area (Å²) in [6, 6.07) is 3.61. The summed E-state index contributed by atoms with van der Waals surface area (Å²) in [5, 5.41) is 3.30. The van der Waals surface area contributed by atoms with Gasteiger partial charge in [0.1, 0.15) is 11.6 Å². The largest absolute Gasteiger partial charge is 0.310 e. The Bertz CT molecular complexity index is 343. The molecule has 96 valence electrons. The molecule has 17 heavy (non-hydrogen) atoms. The zero-order valence-electron chi connectivity index (χ0n) is 10.9. The van der Waals surface area contributed by atoms with Gasteiger partial charge in [-0.25, -0.2) is 8.78 Å². The minimum absolute atomic E-state index is 0.0404. The number of rotatable bonds is 5. The number of hydrogen-bond donors (Lipinski definition) is 1. The lowest BCUT2D eigenvalue weighted by Crippen LogP contribution is -2.27. The SMILES string of the molecule is CC(NCC(C)C(C)C)c1cc(F)cc(F)c1. The van der Waals surface area contributed by atoms with Crippen LogP contribution in [-0.4, -0.2) is 6.54 Å². The molecule has 1 aromatic rings. The average molecular weight is 241 g/mol. The predicted octanol–water partition coefficient (Wildman–Crippen LogP) is 3.91. The summed E-state index contributed by atoms with van der Waals surface area (Å²) < 4.78 is 26.1. The molecular weight excluding hydrogens is 220 g/mol. The van der Waals surface area contributed by atoms with Crippen molar-refractivity contribution in [3.8, 4) is 0 Å². The Labute approximate surface area is 102 Å². The molecule has 1 N–H and O–H groups in total. The summed E-state index contributed by atoms with van der Waals surface area (Å²) in [7, 11) is 0. The molecule has 0 aliphatic heterocycles. The second kappa shape index (κ2) is 6.10. The van der Waals surface area contributed by atoms with Gasteiger partial charge in [-0.3, -0.25) is 0 Å². The van der Waals surface area contributed by atoms with Crippen molar-refractivity contribution in [2.45, 2.75) is 33.7 Å². The normalized spacial score (nSPS) is 15.0. The first kappa shape index (κ1) is 14.1. The number of halogens is 2. The predicted molar refractivity (Wildman–Crippen MR) is 66.8 cm³/mol. The van der Waals surface area contributed by atoms with Crippen molar-refractivity contribution in [2.75, 3.05) is 6.54 Å². The van der Waals surface area contributed by atoms with Crippen molar-refractivity contribution in [1.82, 2.24) is 5.32 Å². The first-order valence-corrected chi connectivity index (χ1v) is 6.09. The van der Waals surface area contributed by atoms with E-state index in [0.29, 0.717) is 17.4 Å². The van der Waals surface area contributed by atoms with E-state index in [9.17, 15) is 8.78 Å². The molecule has 0 amide bonds. The standard InChI is InChI=1S/C14H21F2N/c1-9(2)10(3)8-17-11(4)12-5-13(15)7-14(16)6-12/h5-7,9-11,17H,8H2,1-4H3. The van der Waals surface area contributed by atoms with Crippen LogP contribution in [0.2, 0.25) is 0 Å². The van der Waals surface area contributed by atoms with Gasteiger partial charge in [0.05, 0.1) is 0 Å². The van der Waals surface area contributed by atoms with E-state index in [2.05, 4.69) is 26.1 Å². The molecule has 0 bridgehead atoms. The third-order valence-corrected chi connectivity index (χ3v) is 3.27. The van der Waals surface area contributed by atoms with Crippen LogP contribution in [0.15, 0.2) is 18.2 Å². The van der Waals surface area contributed by atoms with E-state index in [0.717, 1.165) is 12.6 Å². The molecule has 1 nitrogen and oxygen atoms in total. The maximum atomic E-state index is 13.0. The molecule has 0 aliphatic rings.